The van der Waals surface area contributed by atoms with Gasteiger partial charge in [-0.3, -0.25) is 20.4 Å². The molecule has 2 N–H and O–H groups in total. The molecule has 1 amide bonds. The van der Waals surface area contributed by atoms with E-state index in [2.05, 4.69) is 4.98 Å². The van der Waals surface area contributed by atoms with E-state index < -0.39 is 0 Å². The number of hydrogen-bond acceptors (Lipinski definition) is 4. The Morgan fingerprint density at radius 2 is 2.00 bits per heavy atom. The summed E-state index contributed by atoms with van der Waals surface area (Å²) >= 11 is 0. The topological polar surface area (TPSA) is 65.5 Å². The van der Waals surface area contributed by atoms with Crippen molar-refractivity contribution < 1.29 is 10.0 Å². The third kappa shape index (κ3) is 2.46. The number of nitrogens with zero attached hydrogens (tertiary/aromatic N) is 2. The predicted molar refractivity (Wildman–Crippen MR) is 68.9 cm³/mol. The van der Waals surface area contributed by atoms with E-state index in [4.69, 9.17) is 5.21 Å². The van der Waals surface area contributed by atoms with Gasteiger partial charge < -0.3 is 0 Å². The zero-order chi connectivity index (χ0) is 13.0. The summed E-state index contributed by atoms with van der Waals surface area (Å²) in [6, 6.07) is 12.4. The number of anilines is 3. The molecular weight excluding hydrogens is 230 g/mol. The molecule has 2 rings (SSSR count). The SMILES string of the molecule is CC(=O)N(c1ccccc1)c1cc(NO)ccn1. The molecule has 0 saturated carbocycles. The second-order valence-electron chi connectivity index (χ2n) is 3.70. The fourth-order valence-corrected chi connectivity index (χ4v) is 1.66. The summed E-state index contributed by atoms with van der Waals surface area (Å²) in [7, 11) is 0. The largest absolute Gasteiger partial charge is 0.291 e. The monoisotopic (exact) mass is 243 g/mol. The summed E-state index contributed by atoms with van der Waals surface area (Å²) in [5.74, 6) is 0.302. The van der Waals surface area contributed by atoms with Gasteiger partial charge in [0.2, 0.25) is 5.91 Å². The first-order chi connectivity index (χ1) is 8.72. The molecule has 0 spiro atoms. The maximum Gasteiger partial charge on any atom is 0.229 e. The summed E-state index contributed by atoms with van der Waals surface area (Å²) in [4.78, 5) is 17.4. The van der Waals surface area contributed by atoms with E-state index in [0.717, 1.165) is 5.69 Å². The highest BCUT2D eigenvalue weighted by atomic mass is 16.5. The van der Waals surface area contributed by atoms with Gasteiger partial charge in [-0.25, -0.2) is 4.98 Å². The molecule has 92 valence electrons. The normalized spacial score (nSPS) is 9.89. The van der Waals surface area contributed by atoms with E-state index in [-0.39, 0.29) is 5.91 Å². The van der Waals surface area contributed by atoms with E-state index in [9.17, 15) is 4.79 Å². The van der Waals surface area contributed by atoms with Gasteiger partial charge in [-0.2, -0.15) is 0 Å². The number of aromatic nitrogens is 1. The predicted octanol–water partition coefficient (Wildman–Crippen LogP) is 2.57. The molecule has 0 aliphatic carbocycles. The number of carbonyl (C=O) groups is 1. The van der Waals surface area contributed by atoms with Gasteiger partial charge in [0.05, 0.1) is 11.4 Å². The van der Waals surface area contributed by atoms with Crippen LogP contribution in [0.1, 0.15) is 6.92 Å². The van der Waals surface area contributed by atoms with Crippen LogP contribution < -0.4 is 10.4 Å². The first-order valence-electron chi connectivity index (χ1n) is 5.44. The number of amides is 1. The lowest BCUT2D eigenvalue weighted by Gasteiger charge is -2.20. The van der Waals surface area contributed by atoms with Crippen molar-refractivity contribution in [3.63, 3.8) is 0 Å². The number of nitrogens with one attached hydrogen (secondary N) is 1. The number of benzene rings is 1. The lowest BCUT2D eigenvalue weighted by Crippen LogP contribution is -2.23. The zero-order valence-electron chi connectivity index (χ0n) is 9.87. The van der Waals surface area contributed by atoms with Crippen molar-refractivity contribution >= 4 is 23.1 Å². The molecule has 1 heterocycles. The molecule has 0 radical (unpaired) electrons. The Bertz CT molecular complexity index is 543. The molecular formula is C13H13N3O2. The lowest BCUT2D eigenvalue weighted by atomic mass is 10.2. The molecule has 0 aliphatic heterocycles. The van der Waals surface area contributed by atoms with Crippen molar-refractivity contribution in [3.05, 3.63) is 48.7 Å². The maximum absolute atomic E-state index is 11.7. The maximum atomic E-state index is 11.7. The number of rotatable bonds is 3. The third-order valence-electron chi connectivity index (χ3n) is 2.43. The minimum Gasteiger partial charge on any atom is -0.291 e. The number of carbonyl (C=O) groups excluding carboxylic acids is 1. The van der Waals surface area contributed by atoms with Gasteiger partial charge in [-0.15, -0.1) is 0 Å². The van der Waals surface area contributed by atoms with Crippen molar-refractivity contribution in [1.29, 1.82) is 0 Å². The Labute approximate surface area is 105 Å². The molecule has 0 saturated heterocycles. The summed E-state index contributed by atoms with van der Waals surface area (Å²) in [6.07, 6.45) is 1.52. The molecule has 5 heteroatoms. The van der Waals surface area contributed by atoms with E-state index in [1.54, 1.807) is 12.1 Å². The molecule has 1 aromatic heterocycles. The first-order valence-corrected chi connectivity index (χ1v) is 5.44. The van der Waals surface area contributed by atoms with Crippen LogP contribution in [0.2, 0.25) is 0 Å². The number of hydrogen-bond donors (Lipinski definition) is 2. The fraction of sp³-hybridized carbons (Fsp3) is 0.0769. The quantitative estimate of drug-likeness (QED) is 0.813. The van der Waals surface area contributed by atoms with Crippen LogP contribution in [-0.2, 0) is 4.79 Å². The van der Waals surface area contributed by atoms with E-state index in [1.807, 2.05) is 35.8 Å². The highest BCUT2D eigenvalue weighted by molar-refractivity contribution is 5.98. The highest BCUT2D eigenvalue weighted by Crippen LogP contribution is 2.25. The minimum absolute atomic E-state index is 0.149. The first kappa shape index (κ1) is 12.1. The summed E-state index contributed by atoms with van der Waals surface area (Å²) in [5.41, 5.74) is 3.24. The van der Waals surface area contributed by atoms with Crippen molar-refractivity contribution in [1.82, 2.24) is 4.98 Å². The van der Waals surface area contributed by atoms with Crippen LogP contribution in [-0.4, -0.2) is 16.1 Å². The zero-order valence-corrected chi connectivity index (χ0v) is 9.87. The summed E-state index contributed by atoms with van der Waals surface area (Å²) in [6.45, 7) is 1.47. The molecule has 0 unspecified atom stereocenters. The Morgan fingerprint density at radius 1 is 1.28 bits per heavy atom. The molecule has 2 aromatic rings. The molecule has 18 heavy (non-hydrogen) atoms. The fourth-order valence-electron chi connectivity index (χ4n) is 1.66. The average Bonchev–Trinajstić information content (AvgIpc) is 2.40. The van der Waals surface area contributed by atoms with E-state index in [1.165, 1.54) is 18.0 Å². The van der Waals surface area contributed by atoms with Gasteiger partial charge >= 0.3 is 0 Å². The van der Waals surface area contributed by atoms with Crippen LogP contribution in [0.15, 0.2) is 48.7 Å². The van der Waals surface area contributed by atoms with Crippen molar-refractivity contribution in [2.75, 3.05) is 10.4 Å². The van der Waals surface area contributed by atoms with Gasteiger partial charge in [0.1, 0.15) is 5.82 Å². The Morgan fingerprint density at radius 3 is 2.61 bits per heavy atom. The second kappa shape index (κ2) is 5.29. The van der Waals surface area contributed by atoms with Crippen LogP contribution in [0.25, 0.3) is 0 Å². The van der Waals surface area contributed by atoms with Crippen LogP contribution in [0.5, 0.6) is 0 Å². The Kier molecular flexibility index (Phi) is 3.54. The van der Waals surface area contributed by atoms with Crippen molar-refractivity contribution in [2.24, 2.45) is 0 Å². The van der Waals surface area contributed by atoms with E-state index >= 15 is 0 Å². The molecule has 0 aliphatic rings. The second-order valence-corrected chi connectivity index (χ2v) is 3.70. The van der Waals surface area contributed by atoms with Gasteiger partial charge in [-0.05, 0) is 18.2 Å². The number of pyridine rings is 1. The highest BCUT2D eigenvalue weighted by Gasteiger charge is 2.15. The Hall–Kier alpha value is -2.40. The van der Waals surface area contributed by atoms with Crippen molar-refractivity contribution in [3.8, 4) is 0 Å². The van der Waals surface area contributed by atoms with Gasteiger partial charge in [0, 0.05) is 19.2 Å². The van der Waals surface area contributed by atoms with Gasteiger partial charge in [0.15, 0.2) is 0 Å². The molecule has 1 aromatic carbocycles. The Balaban J connectivity index is 2.45. The van der Waals surface area contributed by atoms with Gasteiger partial charge in [0.25, 0.3) is 0 Å². The average molecular weight is 243 g/mol. The van der Waals surface area contributed by atoms with Crippen LogP contribution in [0.3, 0.4) is 0 Å². The third-order valence-corrected chi connectivity index (χ3v) is 2.43. The van der Waals surface area contributed by atoms with Crippen LogP contribution in [0.4, 0.5) is 17.2 Å². The van der Waals surface area contributed by atoms with Crippen LogP contribution in [0, 0.1) is 0 Å². The van der Waals surface area contributed by atoms with E-state index in [0.29, 0.717) is 11.5 Å². The standard InChI is InChI=1S/C13H13N3O2/c1-10(17)16(12-5-3-2-4-6-12)13-9-11(15-18)7-8-14-13/h2-9,18H,1H3,(H,14,15). The lowest BCUT2D eigenvalue weighted by molar-refractivity contribution is -0.115. The molecule has 5 nitrogen and oxygen atoms in total. The minimum atomic E-state index is -0.149. The smallest absolute Gasteiger partial charge is 0.229 e. The molecule has 0 fully saturated rings. The molecule has 0 bridgehead atoms. The van der Waals surface area contributed by atoms with Crippen LogP contribution >= 0.6 is 0 Å². The molecule has 0 atom stereocenters. The van der Waals surface area contributed by atoms with Crippen molar-refractivity contribution in [2.45, 2.75) is 6.92 Å². The summed E-state index contributed by atoms with van der Waals surface area (Å²) in [5, 5.41) is 8.87. The number of para-hydroxylation sites is 1. The van der Waals surface area contributed by atoms with Gasteiger partial charge in [-0.1, -0.05) is 18.2 Å². The summed E-state index contributed by atoms with van der Waals surface area (Å²) < 4.78 is 0.